The molecule has 3 saturated heterocycles. The summed E-state index contributed by atoms with van der Waals surface area (Å²) < 4.78 is 29.5. The minimum atomic E-state index is -1.87. The fourth-order valence-electron chi connectivity index (χ4n) is 9.99. The van der Waals surface area contributed by atoms with Gasteiger partial charge in [-0.3, -0.25) is 34.2 Å². The lowest BCUT2D eigenvalue weighted by Gasteiger charge is -2.42. The summed E-state index contributed by atoms with van der Waals surface area (Å²) in [7, 11) is 5.91. The van der Waals surface area contributed by atoms with Crippen LogP contribution in [0.1, 0.15) is 105 Å². The molecular formula is C51H72ClN5O13S. The smallest absolute Gasteiger partial charge is 0.409 e. The predicted molar refractivity (Wildman–Crippen MR) is 266 cm³/mol. The molecule has 1 aromatic carbocycles. The van der Waals surface area contributed by atoms with Crippen molar-refractivity contribution >= 4 is 70.6 Å². The van der Waals surface area contributed by atoms with E-state index < -0.39 is 76.8 Å². The first kappa shape index (κ1) is 55.6. The molecule has 5 unspecified atom stereocenters. The average Bonchev–Trinajstić information content (AvgIpc) is 3.94. The molecule has 392 valence electrons. The Bertz CT molecular complexity index is 2280. The van der Waals surface area contributed by atoms with Crippen molar-refractivity contribution in [3.8, 4) is 5.75 Å². The van der Waals surface area contributed by atoms with E-state index in [4.69, 9.17) is 35.3 Å². The molecule has 5 aliphatic rings. The molecule has 20 heteroatoms. The van der Waals surface area contributed by atoms with Gasteiger partial charge in [0.15, 0.2) is 5.72 Å². The average molecular weight is 1030 g/mol. The van der Waals surface area contributed by atoms with Gasteiger partial charge in [-0.1, -0.05) is 42.3 Å². The molecule has 71 heavy (non-hydrogen) atoms. The minimum Gasteiger partial charge on any atom is -0.495 e. The SMILES string of the molecule is COc1cc2cc(c1Cl)N(C)C(=O)C[C@H](OC(=O)[C@H](C)N(C)C(=O)CCSC1CC(=O)N(CC3CCC(C(=O)NC(C)(C)C)CC3)C1=O)[C@]1(C)OC1[C@H](C)C1CC(O)(NC(=O)O1)C(OC)/C=C/C=C(\C)C2. The Kier molecular flexibility index (Phi) is 17.7. The molecule has 9 atom stereocenters. The van der Waals surface area contributed by atoms with Gasteiger partial charge in [-0.05, 0) is 97.3 Å². The largest absolute Gasteiger partial charge is 0.495 e. The Balaban J connectivity index is 1.13. The van der Waals surface area contributed by atoms with Crippen molar-refractivity contribution in [3.05, 3.63) is 46.5 Å². The number of halogens is 1. The summed E-state index contributed by atoms with van der Waals surface area (Å²) in [5.74, 6) is -2.20. The van der Waals surface area contributed by atoms with E-state index in [-0.39, 0.29) is 71.6 Å². The first-order valence-electron chi connectivity index (χ1n) is 24.4. The van der Waals surface area contributed by atoms with Crippen LogP contribution < -0.4 is 20.3 Å². The maximum Gasteiger partial charge on any atom is 0.409 e. The summed E-state index contributed by atoms with van der Waals surface area (Å²) in [5.41, 5.74) is -1.46. The van der Waals surface area contributed by atoms with E-state index in [0.717, 1.165) is 24.0 Å². The number of nitrogens with zero attached hydrogens (tertiary/aromatic N) is 3. The number of thioether (sulfide) groups is 1. The molecule has 18 nitrogen and oxygen atoms in total. The topological polar surface area (TPSA) is 223 Å². The van der Waals surface area contributed by atoms with Crippen LogP contribution in [0.25, 0.3) is 0 Å². The molecule has 6 amide bonds. The van der Waals surface area contributed by atoms with Crippen LogP contribution in [0, 0.1) is 17.8 Å². The van der Waals surface area contributed by atoms with Crippen LogP contribution in [0.4, 0.5) is 10.5 Å². The number of epoxide rings is 1. The summed E-state index contributed by atoms with van der Waals surface area (Å²) >= 11 is 8.05. The number of allylic oxidation sites excluding steroid dienone is 3. The summed E-state index contributed by atoms with van der Waals surface area (Å²) in [6.07, 6.45) is 3.33. The number of ether oxygens (including phenoxy) is 5. The second kappa shape index (κ2) is 22.6. The number of anilines is 1. The predicted octanol–water partition coefficient (Wildman–Crippen LogP) is 5.49. The Morgan fingerprint density at radius 3 is 2.42 bits per heavy atom. The first-order valence-corrected chi connectivity index (χ1v) is 25.8. The standard InChI is InChI=1S/C51H72ClN5O13S/c1-28-13-12-14-38(67-11)51(65)26-36(68-48(64)54-51)29(2)44-50(7,70-44)39(25-41(59)56(9)34-22-32(21-28)23-35(66-10)43(34)52)69-47(63)30(3)55(8)40(58)19-20-71-37-24-42(60)57(46(37)62)27-31-15-17-33(18-16-31)45(61)53-49(4,5)6/h12-14,22-23,29-31,33,36-39,44,65H,15-21,24-27H2,1-11H3,(H,53,61)(H,54,64)/b14-12+,28-13+/t29-,30+,31?,33?,36?,37?,38?,39+,44?,50+,51?/m1/s1. The summed E-state index contributed by atoms with van der Waals surface area (Å²) in [6, 6.07) is 2.42. The van der Waals surface area contributed by atoms with E-state index in [0.29, 0.717) is 37.2 Å². The number of carbonyl (C=O) groups excluding carboxylic acids is 7. The van der Waals surface area contributed by atoms with Gasteiger partial charge in [-0.25, -0.2) is 9.59 Å². The maximum atomic E-state index is 14.4. The van der Waals surface area contributed by atoms with Gasteiger partial charge in [0.25, 0.3) is 0 Å². The first-order chi connectivity index (χ1) is 33.3. The number of benzene rings is 1. The van der Waals surface area contributed by atoms with E-state index in [9.17, 15) is 38.7 Å². The van der Waals surface area contributed by atoms with Crippen molar-refractivity contribution < 1.29 is 62.4 Å². The third-order valence-electron chi connectivity index (χ3n) is 14.5. The lowest BCUT2D eigenvalue weighted by Crippen LogP contribution is -2.63. The van der Waals surface area contributed by atoms with Gasteiger partial charge in [0.05, 0.1) is 30.6 Å². The summed E-state index contributed by atoms with van der Waals surface area (Å²) in [4.78, 5) is 98.2. The number of rotatable bonds is 12. The number of aliphatic hydroxyl groups is 1. The van der Waals surface area contributed by atoms with Crippen molar-refractivity contribution in [2.45, 2.75) is 159 Å². The molecule has 1 saturated carbocycles. The lowest BCUT2D eigenvalue weighted by molar-refractivity contribution is -0.162. The van der Waals surface area contributed by atoms with Gasteiger partial charge in [0, 0.05) is 70.1 Å². The molecule has 1 aromatic rings. The number of hydrogen-bond acceptors (Lipinski definition) is 14. The van der Waals surface area contributed by atoms with Crippen molar-refractivity contribution in [3.63, 3.8) is 0 Å². The number of esters is 1. The van der Waals surface area contributed by atoms with E-state index in [1.165, 1.54) is 54.7 Å². The van der Waals surface area contributed by atoms with Gasteiger partial charge in [-0.2, -0.15) is 0 Å². The van der Waals surface area contributed by atoms with Crippen molar-refractivity contribution in [1.82, 2.24) is 20.4 Å². The number of likely N-dealkylation sites (N-methyl/N-ethyl adjacent to an activating group) is 1. The quantitative estimate of drug-likeness (QED) is 0.134. The number of fused-ring (bicyclic) bond motifs is 5. The molecule has 6 rings (SSSR count). The Morgan fingerprint density at radius 1 is 1.08 bits per heavy atom. The van der Waals surface area contributed by atoms with Gasteiger partial charge >= 0.3 is 12.1 Å². The van der Waals surface area contributed by atoms with Gasteiger partial charge < -0.3 is 43.9 Å². The van der Waals surface area contributed by atoms with Crippen LogP contribution in [0.15, 0.2) is 35.9 Å². The monoisotopic (exact) mass is 1030 g/mol. The highest BCUT2D eigenvalue weighted by Crippen LogP contribution is 2.49. The zero-order chi connectivity index (χ0) is 52.3. The normalized spacial score (nSPS) is 32.1. The molecule has 4 heterocycles. The molecule has 4 bridgehead atoms. The number of nitrogens with one attached hydrogen (secondary N) is 2. The van der Waals surface area contributed by atoms with E-state index in [1.54, 1.807) is 45.2 Å². The molecule has 0 radical (unpaired) electrons. The lowest BCUT2D eigenvalue weighted by atomic mass is 9.81. The molecule has 4 aliphatic heterocycles. The second-order valence-corrected chi connectivity index (χ2v) is 22.7. The van der Waals surface area contributed by atoms with Crippen molar-refractivity contribution in [2.75, 3.05) is 45.5 Å². The third kappa shape index (κ3) is 13.1. The van der Waals surface area contributed by atoms with E-state index >= 15 is 0 Å². The van der Waals surface area contributed by atoms with Crippen LogP contribution in [0.5, 0.6) is 5.75 Å². The van der Waals surface area contributed by atoms with Crippen LogP contribution in [-0.4, -0.2) is 150 Å². The zero-order valence-corrected chi connectivity index (χ0v) is 44.4. The highest BCUT2D eigenvalue weighted by molar-refractivity contribution is 8.00. The maximum absolute atomic E-state index is 14.4. The van der Waals surface area contributed by atoms with E-state index in [2.05, 4.69) is 10.6 Å². The highest BCUT2D eigenvalue weighted by atomic mass is 35.5. The number of methoxy groups -OCH3 is 2. The number of hydrogen-bond donors (Lipinski definition) is 3. The zero-order valence-electron chi connectivity index (χ0n) is 42.8. The van der Waals surface area contributed by atoms with Crippen molar-refractivity contribution in [2.24, 2.45) is 17.8 Å². The fourth-order valence-corrected chi connectivity index (χ4v) is 11.4. The van der Waals surface area contributed by atoms with Gasteiger partial charge in [-0.15, -0.1) is 11.8 Å². The summed E-state index contributed by atoms with van der Waals surface area (Å²) in [5, 5.41) is 17.0. The molecule has 0 aromatic heterocycles. The number of imide groups is 1. The summed E-state index contributed by atoms with van der Waals surface area (Å²) in [6.45, 7) is 13.0. The number of amides is 6. The Hall–Kier alpha value is -4.69. The molecule has 0 spiro atoms. The second-order valence-electron chi connectivity index (χ2n) is 21.0. The Labute approximate surface area is 426 Å². The Morgan fingerprint density at radius 2 is 1.77 bits per heavy atom. The molecule has 3 N–H and O–H groups in total. The minimum absolute atomic E-state index is 0.0312. The number of likely N-dealkylation sites (tertiary alicyclic amines) is 1. The number of alkyl carbamates (subject to hydrolysis) is 1. The highest BCUT2D eigenvalue weighted by Gasteiger charge is 2.64. The van der Waals surface area contributed by atoms with Crippen LogP contribution in [0.2, 0.25) is 5.02 Å². The molecule has 1 aliphatic carbocycles. The fraction of sp³-hybridized carbons (Fsp3) is 0.667. The van der Waals surface area contributed by atoms with Crippen molar-refractivity contribution in [1.29, 1.82) is 0 Å². The third-order valence-corrected chi connectivity index (χ3v) is 16.1. The van der Waals surface area contributed by atoms with Crippen LogP contribution in [-0.2, 0) is 54.1 Å². The number of carbonyl (C=O) groups is 7. The van der Waals surface area contributed by atoms with Gasteiger partial charge in [0.2, 0.25) is 29.5 Å². The van der Waals surface area contributed by atoms with E-state index in [1.807, 2.05) is 33.8 Å². The van der Waals surface area contributed by atoms with Gasteiger partial charge in [0.1, 0.15) is 40.7 Å². The van der Waals surface area contributed by atoms with Crippen LogP contribution in [0.3, 0.4) is 0 Å². The van der Waals surface area contributed by atoms with Crippen LogP contribution >= 0.6 is 23.4 Å². The molecule has 4 fully saturated rings. The molecular weight excluding hydrogens is 958 g/mol.